The van der Waals surface area contributed by atoms with Gasteiger partial charge in [0, 0.05) is 12.2 Å². The first-order valence-corrected chi connectivity index (χ1v) is 2.94. The molecule has 0 unspecified atom stereocenters. The molecule has 0 aliphatic carbocycles. The number of nitriles is 1. The molecule has 0 saturated carbocycles. The second-order valence-corrected chi connectivity index (χ2v) is 1.73. The third kappa shape index (κ3) is 5.84. The zero-order valence-corrected chi connectivity index (χ0v) is 5.00. The van der Waals surface area contributed by atoms with E-state index in [2.05, 4.69) is 18.7 Å². The Kier molecular flexibility index (Phi) is 5.71. The van der Waals surface area contributed by atoms with E-state index in [1.165, 1.54) is 0 Å². The van der Waals surface area contributed by atoms with E-state index in [0.717, 1.165) is 18.6 Å². The van der Waals surface area contributed by atoms with Crippen molar-refractivity contribution in [3.8, 4) is 6.07 Å². The van der Waals surface area contributed by atoms with Gasteiger partial charge in [-0.1, -0.05) is 12.6 Å². The fraction of sp³-hybridized carbons (Fsp3) is 0.800. The lowest BCUT2D eigenvalue weighted by Gasteiger charge is -1.83. The van der Waals surface area contributed by atoms with Gasteiger partial charge in [-0.15, -0.1) is 0 Å². The second kappa shape index (κ2) is 5.84. The van der Waals surface area contributed by atoms with Gasteiger partial charge in [0.15, 0.2) is 0 Å². The van der Waals surface area contributed by atoms with Crippen molar-refractivity contribution in [2.75, 3.05) is 5.75 Å². The van der Waals surface area contributed by atoms with E-state index < -0.39 is 0 Å². The molecule has 0 rings (SSSR count). The van der Waals surface area contributed by atoms with Crippen LogP contribution in [0.5, 0.6) is 0 Å². The van der Waals surface area contributed by atoms with E-state index in [0.29, 0.717) is 6.42 Å². The fourth-order valence-corrected chi connectivity index (χ4v) is 0.510. The molecule has 0 spiro atoms. The van der Waals surface area contributed by atoms with Crippen LogP contribution in [0.25, 0.3) is 0 Å². The van der Waals surface area contributed by atoms with Gasteiger partial charge in [0.25, 0.3) is 0 Å². The summed E-state index contributed by atoms with van der Waals surface area (Å²) in [4.78, 5) is 0. The van der Waals surface area contributed by atoms with Gasteiger partial charge in [-0.25, -0.2) is 0 Å². The van der Waals surface area contributed by atoms with Crippen LogP contribution >= 0.6 is 12.6 Å². The Hall–Kier alpha value is -0.160. The molecular weight excluding hydrogens is 106 g/mol. The van der Waals surface area contributed by atoms with Crippen LogP contribution < -0.4 is 0 Å². The first-order chi connectivity index (χ1) is 3.41. The Morgan fingerprint density at radius 1 is 1.43 bits per heavy atom. The topological polar surface area (TPSA) is 23.8 Å². The fourth-order valence-electron chi connectivity index (χ4n) is 0.306. The minimum Gasteiger partial charge on any atom is -0.198 e. The Morgan fingerprint density at radius 2 is 2.14 bits per heavy atom. The molecule has 39 valence electrons. The van der Waals surface area contributed by atoms with Gasteiger partial charge < -0.3 is 0 Å². The SMILES string of the molecule is N#CCCCC[S]. The molecule has 0 aromatic rings. The number of hydrogen-bond acceptors (Lipinski definition) is 1. The molecule has 0 amide bonds. The highest BCUT2D eigenvalue weighted by molar-refractivity contribution is 7.80. The van der Waals surface area contributed by atoms with Crippen LogP contribution in [-0.4, -0.2) is 5.75 Å². The van der Waals surface area contributed by atoms with Gasteiger partial charge >= 0.3 is 0 Å². The highest BCUT2D eigenvalue weighted by Crippen LogP contribution is 1.93. The molecule has 0 bridgehead atoms. The molecule has 0 heterocycles. The highest BCUT2D eigenvalue weighted by Gasteiger charge is 1.80. The molecule has 0 aliphatic rings. The summed E-state index contributed by atoms with van der Waals surface area (Å²) in [6.07, 6.45) is 2.65. The average Bonchev–Trinajstić information content (AvgIpc) is 1.69. The first-order valence-electron chi connectivity index (χ1n) is 2.37. The Morgan fingerprint density at radius 3 is 2.57 bits per heavy atom. The van der Waals surface area contributed by atoms with E-state index in [1.54, 1.807) is 0 Å². The Labute approximate surface area is 49.7 Å². The Bertz CT molecular complexity index is 65.0. The number of hydrogen-bond donors (Lipinski definition) is 0. The molecule has 7 heavy (non-hydrogen) atoms. The molecule has 2 heteroatoms. The van der Waals surface area contributed by atoms with Crippen LogP contribution in [0.2, 0.25) is 0 Å². The third-order valence-corrected chi connectivity index (χ3v) is 0.972. The first kappa shape index (κ1) is 6.84. The molecular formula is C5H8NS. The van der Waals surface area contributed by atoms with Gasteiger partial charge in [0.1, 0.15) is 0 Å². The molecule has 1 radical (unpaired) electrons. The van der Waals surface area contributed by atoms with Crippen molar-refractivity contribution in [2.24, 2.45) is 0 Å². The van der Waals surface area contributed by atoms with Crippen molar-refractivity contribution in [1.29, 1.82) is 5.26 Å². The normalized spacial score (nSPS) is 8.00. The third-order valence-electron chi connectivity index (χ3n) is 0.683. The maximum absolute atomic E-state index is 8.01. The van der Waals surface area contributed by atoms with E-state index in [-0.39, 0.29) is 0 Å². The van der Waals surface area contributed by atoms with Crippen molar-refractivity contribution < 1.29 is 0 Å². The molecule has 0 atom stereocenters. The minimum atomic E-state index is 0.663. The van der Waals surface area contributed by atoms with E-state index in [9.17, 15) is 0 Å². The van der Waals surface area contributed by atoms with Crippen molar-refractivity contribution in [2.45, 2.75) is 19.3 Å². The molecule has 1 nitrogen and oxygen atoms in total. The maximum atomic E-state index is 8.01. The van der Waals surface area contributed by atoms with Crippen molar-refractivity contribution in [1.82, 2.24) is 0 Å². The van der Waals surface area contributed by atoms with Crippen molar-refractivity contribution in [3.63, 3.8) is 0 Å². The summed E-state index contributed by atoms with van der Waals surface area (Å²) >= 11 is 4.66. The van der Waals surface area contributed by atoms with Crippen LogP contribution in [0, 0.1) is 11.3 Å². The summed E-state index contributed by atoms with van der Waals surface area (Å²) in [5.41, 5.74) is 0. The van der Waals surface area contributed by atoms with Crippen molar-refractivity contribution in [3.05, 3.63) is 0 Å². The highest BCUT2D eigenvalue weighted by atomic mass is 32.1. The number of rotatable bonds is 3. The van der Waals surface area contributed by atoms with Gasteiger partial charge in [-0.3, -0.25) is 0 Å². The van der Waals surface area contributed by atoms with Gasteiger partial charge in [0.2, 0.25) is 0 Å². The van der Waals surface area contributed by atoms with Crippen LogP contribution in [0.1, 0.15) is 19.3 Å². The molecule has 0 aromatic heterocycles. The van der Waals surface area contributed by atoms with E-state index in [4.69, 9.17) is 5.26 Å². The smallest absolute Gasteiger partial charge is 0.0621 e. The Balaban J connectivity index is 2.60. The molecule has 0 aromatic carbocycles. The quantitative estimate of drug-likeness (QED) is 0.514. The number of nitrogens with zero attached hydrogens (tertiary/aromatic N) is 1. The largest absolute Gasteiger partial charge is 0.198 e. The second-order valence-electron chi connectivity index (χ2n) is 1.32. The standard InChI is InChI=1S/C5H8NS/c6-4-2-1-3-5-7/h1-3,5H2. The summed E-state index contributed by atoms with van der Waals surface area (Å²) in [6.45, 7) is 0. The van der Waals surface area contributed by atoms with Gasteiger partial charge in [0.05, 0.1) is 6.07 Å². The van der Waals surface area contributed by atoms with Crippen LogP contribution in [-0.2, 0) is 0 Å². The summed E-state index contributed by atoms with van der Waals surface area (Å²) < 4.78 is 0. The minimum absolute atomic E-state index is 0.663. The van der Waals surface area contributed by atoms with E-state index in [1.807, 2.05) is 0 Å². The zero-order valence-electron chi connectivity index (χ0n) is 4.18. The predicted molar refractivity (Wildman–Crippen MR) is 31.9 cm³/mol. The summed E-state index contributed by atoms with van der Waals surface area (Å²) in [5.74, 6) is 0.793. The molecule has 0 fully saturated rings. The van der Waals surface area contributed by atoms with Crippen LogP contribution in [0.4, 0.5) is 0 Å². The lowest BCUT2D eigenvalue weighted by Crippen LogP contribution is -1.72. The maximum Gasteiger partial charge on any atom is 0.0621 e. The van der Waals surface area contributed by atoms with E-state index >= 15 is 0 Å². The van der Waals surface area contributed by atoms with Gasteiger partial charge in [-0.05, 0) is 12.8 Å². The van der Waals surface area contributed by atoms with Gasteiger partial charge in [-0.2, -0.15) is 5.26 Å². The monoisotopic (exact) mass is 114 g/mol. The summed E-state index contributed by atoms with van der Waals surface area (Å²) in [7, 11) is 0. The number of unbranched alkanes of at least 4 members (excludes halogenated alkanes) is 2. The lowest BCUT2D eigenvalue weighted by molar-refractivity contribution is 0.832. The van der Waals surface area contributed by atoms with Crippen LogP contribution in [0.3, 0.4) is 0 Å². The summed E-state index contributed by atoms with van der Waals surface area (Å²) in [5, 5.41) is 8.01. The lowest BCUT2D eigenvalue weighted by atomic mass is 10.3. The predicted octanol–water partition coefficient (Wildman–Crippen LogP) is 1.88. The molecule has 0 N–H and O–H groups in total. The van der Waals surface area contributed by atoms with Crippen molar-refractivity contribution >= 4 is 12.6 Å². The zero-order chi connectivity index (χ0) is 5.54. The summed E-state index contributed by atoms with van der Waals surface area (Å²) in [6, 6.07) is 2.06. The average molecular weight is 114 g/mol. The van der Waals surface area contributed by atoms with Crippen LogP contribution in [0.15, 0.2) is 0 Å². The molecule has 0 aliphatic heterocycles. The molecule has 0 saturated heterocycles.